The first-order valence-corrected chi connectivity index (χ1v) is 9.09. The number of amides is 1. The van der Waals surface area contributed by atoms with Crippen LogP contribution in [0.1, 0.15) is 12.0 Å². The summed E-state index contributed by atoms with van der Waals surface area (Å²) in [7, 11) is 2.09. The highest BCUT2D eigenvalue weighted by atomic mass is 127. The zero-order chi connectivity index (χ0) is 17.2. The molecule has 1 N–H and O–H groups in total. The van der Waals surface area contributed by atoms with Crippen LogP contribution in [-0.2, 0) is 11.3 Å². The molecule has 0 saturated carbocycles. The number of benzene rings is 2. The molecule has 4 nitrogen and oxygen atoms in total. The maximum atomic E-state index is 11.8. The minimum absolute atomic E-state index is 0.0560. The Balaban J connectivity index is 1.56. The maximum Gasteiger partial charge on any atom is 0.257 e. The van der Waals surface area contributed by atoms with Gasteiger partial charge in [-0.3, -0.25) is 4.79 Å². The van der Waals surface area contributed by atoms with Crippen molar-refractivity contribution >= 4 is 28.5 Å². The Morgan fingerprint density at radius 1 is 1.12 bits per heavy atom. The molecule has 2 aromatic rings. The van der Waals surface area contributed by atoms with Crippen LogP contribution in [-0.4, -0.2) is 37.6 Å². The third kappa shape index (κ3) is 7.31. The largest absolute Gasteiger partial charge is 0.484 e. The van der Waals surface area contributed by atoms with Crippen LogP contribution in [0.3, 0.4) is 0 Å². The lowest BCUT2D eigenvalue weighted by atomic mass is 10.2. The maximum absolute atomic E-state index is 11.8. The van der Waals surface area contributed by atoms with Gasteiger partial charge in [-0.05, 0) is 72.4 Å². The summed E-state index contributed by atoms with van der Waals surface area (Å²) in [6.07, 6.45) is 0.915. The van der Waals surface area contributed by atoms with E-state index in [0.29, 0.717) is 12.3 Å². The summed E-state index contributed by atoms with van der Waals surface area (Å²) in [6, 6.07) is 18.0. The SMILES string of the molecule is CN(CCCNC(=O)COc1ccc(I)cc1)Cc1ccccc1. The van der Waals surface area contributed by atoms with Crippen LogP contribution in [0.2, 0.25) is 0 Å². The van der Waals surface area contributed by atoms with Gasteiger partial charge in [0, 0.05) is 16.7 Å². The molecule has 24 heavy (non-hydrogen) atoms. The minimum Gasteiger partial charge on any atom is -0.484 e. The standard InChI is InChI=1S/C19H23IN2O2/c1-22(14-16-6-3-2-4-7-16)13-5-12-21-19(23)15-24-18-10-8-17(20)9-11-18/h2-4,6-11H,5,12-15H2,1H3,(H,21,23). The molecule has 2 aromatic carbocycles. The van der Waals surface area contributed by atoms with Crippen molar-refractivity contribution in [2.75, 3.05) is 26.7 Å². The van der Waals surface area contributed by atoms with E-state index in [4.69, 9.17) is 4.74 Å². The first-order chi connectivity index (χ1) is 11.6. The lowest BCUT2D eigenvalue weighted by Crippen LogP contribution is -2.31. The van der Waals surface area contributed by atoms with Crippen LogP contribution in [0.25, 0.3) is 0 Å². The second kappa shape index (κ2) is 10.3. The van der Waals surface area contributed by atoms with E-state index >= 15 is 0 Å². The molecule has 128 valence electrons. The highest BCUT2D eigenvalue weighted by molar-refractivity contribution is 14.1. The third-order valence-electron chi connectivity index (χ3n) is 3.52. The zero-order valence-electron chi connectivity index (χ0n) is 13.9. The first kappa shape index (κ1) is 18.7. The molecular formula is C19H23IN2O2. The molecule has 0 unspecified atom stereocenters. The van der Waals surface area contributed by atoms with Crippen LogP contribution >= 0.6 is 22.6 Å². The summed E-state index contributed by atoms with van der Waals surface area (Å²) >= 11 is 2.23. The topological polar surface area (TPSA) is 41.6 Å². The Kier molecular flexibility index (Phi) is 8.04. The normalized spacial score (nSPS) is 10.6. The van der Waals surface area contributed by atoms with Gasteiger partial charge in [0.25, 0.3) is 5.91 Å². The fourth-order valence-corrected chi connectivity index (χ4v) is 2.64. The van der Waals surface area contributed by atoms with Gasteiger partial charge in [-0.1, -0.05) is 30.3 Å². The molecule has 0 fully saturated rings. The summed E-state index contributed by atoms with van der Waals surface area (Å²) in [5.41, 5.74) is 1.30. The van der Waals surface area contributed by atoms with Gasteiger partial charge in [0.15, 0.2) is 6.61 Å². The Morgan fingerprint density at radius 3 is 2.54 bits per heavy atom. The molecular weight excluding hydrogens is 415 g/mol. The quantitative estimate of drug-likeness (QED) is 0.483. The number of carbonyl (C=O) groups is 1. The van der Waals surface area contributed by atoms with Gasteiger partial charge in [-0.2, -0.15) is 0 Å². The first-order valence-electron chi connectivity index (χ1n) is 8.01. The van der Waals surface area contributed by atoms with E-state index in [1.54, 1.807) is 0 Å². The smallest absolute Gasteiger partial charge is 0.257 e. The van der Waals surface area contributed by atoms with Crippen LogP contribution in [0.4, 0.5) is 0 Å². The molecule has 2 rings (SSSR count). The molecule has 0 aliphatic heterocycles. The van der Waals surface area contributed by atoms with Crippen molar-refractivity contribution in [2.45, 2.75) is 13.0 Å². The van der Waals surface area contributed by atoms with Gasteiger partial charge in [0.05, 0.1) is 0 Å². The van der Waals surface area contributed by atoms with Crippen molar-refractivity contribution in [1.29, 1.82) is 0 Å². The van der Waals surface area contributed by atoms with E-state index in [1.165, 1.54) is 5.56 Å². The van der Waals surface area contributed by atoms with Crippen molar-refractivity contribution in [3.8, 4) is 5.75 Å². The van der Waals surface area contributed by atoms with Gasteiger partial charge in [-0.25, -0.2) is 0 Å². The number of rotatable bonds is 9. The molecule has 0 saturated heterocycles. The molecule has 1 amide bonds. The number of nitrogens with one attached hydrogen (secondary N) is 1. The summed E-state index contributed by atoms with van der Waals surface area (Å²) in [4.78, 5) is 14.0. The predicted molar refractivity (Wildman–Crippen MR) is 105 cm³/mol. The second-order valence-electron chi connectivity index (χ2n) is 5.67. The highest BCUT2D eigenvalue weighted by Gasteiger charge is 2.04. The zero-order valence-corrected chi connectivity index (χ0v) is 16.0. The summed E-state index contributed by atoms with van der Waals surface area (Å²) < 4.78 is 6.60. The second-order valence-corrected chi connectivity index (χ2v) is 6.92. The Labute approximate surface area is 157 Å². The molecule has 0 heterocycles. The van der Waals surface area contributed by atoms with Gasteiger partial charge in [0.1, 0.15) is 5.75 Å². The monoisotopic (exact) mass is 438 g/mol. The Bertz CT molecular complexity index is 617. The number of halogens is 1. The lowest BCUT2D eigenvalue weighted by molar-refractivity contribution is -0.123. The number of hydrogen-bond donors (Lipinski definition) is 1. The van der Waals surface area contributed by atoms with E-state index in [0.717, 1.165) is 23.1 Å². The highest BCUT2D eigenvalue weighted by Crippen LogP contribution is 2.13. The van der Waals surface area contributed by atoms with Crippen LogP contribution < -0.4 is 10.1 Å². The number of nitrogens with zero attached hydrogens (tertiary/aromatic N) is 1. The lowest BCUT2D eigenvalue weighted by Gasteiger charge is -2.16. The number of hydrogen-bond acceptors (Lipinski definition) is 3. The third-order valence-corrected chi connectivity index (χ3v) is 4.24. The molecule has 0 aromatic heterocycles. The van der Waals surface area contributed by atoms with Gasteiger partial charge in [0.2, 0.25) is 0 Å². The van der Waals surface area contributed by atoms with E-state index < -0.39 is 0 Å². The van der Waals surface area contributed by atoms with E-state index in [2.05, 4.69) is 64.1 Å². The minimum atomic E-state index is -0.0840. The summed E-state index contributed by atoms with van der Waals surface area (Å²) in [5, 5.41) is 2.89. The molecule has 0 aliphatic rings. The van der Waals surface area contributed by atoms with Crippen LogP contribution in [0.5, 0.6) is 5.75 Å². The van der Waals surface area contributed by atoms with Crippen molar-refractivity contribution < 1.29 is 9.53 Å². The van der Waals surface area contributed by atoms with E-state index in [-0.39, 0.29) is 12.5 Å². The molecule has 5 heteroatoms. The molecule has 0 aliphatic carbocycles. The average Bonchev–Trinajstić information content (AvgIpc) is 2.59. The molecule has 0 radical (unpaired) electrons. The number of carbonyl (C=O) groups excluding carboxylic acids is 1. The summed E-state index contributed by atoms with van der Waals surface area (Å²) in [5.74, 6) is 0.632. The molecule has 0 spiro atoms. The van der Waals surface area contributed by atoms with Crippen molar-refractivity contribution in [3.05, 3.63) is 63.7 Å². The van der Waals surface area contributed by atoms with Gasteiger partial charge < -0.3 is 15.0 Å². The van der Waals surface area contributed by atoms with Gasteiger partial charge >= 0.3 is 0 Å². The average molecular weight is 438 g/mol. The van der Waals surface area contributed by atoms with E-state index in [9.17, 15) is 4.79 Å². The van der Waals surface area contributed by atoms with Gasteiger partial charge in [-0.15, -0.1) is 0 Å². The fourth-order valence-electron chi connectivity index (χ4n) is 2.28. The van der Waals surface area contributed by atoms with Crippen molar-refractivity contribution in [3.63, 3.8) is 0 Å². The fraction of sp³-hybridized carbons (Fsp3) is 0.316. The molecule has 0 bridgehead atoms. The summed E-state index contributed by atoms with van der Waals surface area (Å²) in [6.45, 7) is 2.58. The van der Waals surface area contributed by atoms with Crippen molar-refractivity contribution in [1.82, 2.24) is 10.2 Å². The number of ether oxygens (including phenoxy) is 1. The Hall–Kier alpha value is -1.60. The van der Waals surface area contributed by atoms with E-state index in [1.807, 2.05) is 30.3 Å². The van der Waals surface area contributed by atoms with Crippen LogP contribution in [0, 0.1) is 3.57 Å². The predicted octanol–water partition coefficient (Wildman–Crippen LogP) is 3.31. The van der Waals surface area contributed by atoms with Crippen LogP contribution in [0.15, 0.2) is 54.6 Å². The van der Waals surface area contributed by atoms with Crippen molar-refractivity contribution in [2.24, 2.45) is 0 Å². The molecule has 0 atom stereocenters. The Morgan fingerprint density at radius 2 is 1.83 bits per heavy atom.